The van der Waals surface area contributed by atoms with Crippen molar-refractivity contribution in [1.82, 2.24) is 25.7 Å². The van der Waals surface area contributed by atoms with Crippen LogP contribution in [0.3, 0.4) is 0 Å². The van der Waals surface area contributed by atoms with Gasteiger partial charge in [0.1, 0.15) is 0 Å². The van der Waals surface area contributed by atoms with Crippen LogP contribution in [0.2, 0.25) is 0 Å². The molecule has 2 aromatic rings. The van der Waals surface area contributed by atoms with Crippen molar-refractivity contribution in [3.8, 4) is 0 Å². The first-order valence-corrected chi connectivity index (χ1v) is 15.3. The van der Waals surface area contributed by atoms with Gasteiger partial charge in [-0.15, -0.1) is 22.6 Å². The number of hydrogen-bond donors (Lipinski definition) is 2. The van der Waals surface area contributed by atoms with Crippen molar-refractivity contribution in [2.45, 2.75) is 84.2 Å². The van der Waals surface area contributed by atoms with E-state index < -0.39 is 6.04 Å². The second-order valence-corrected chi connectivity index (χ2v) is 11.5. The van der Waals surface area contributed by atoms with Gasteiger partial charge in [0.05, 0.1) is 25.2 Å². The maximum Gasteiger partial charge on any atom is 0.276 e. The van der Waals surface area contributed by atoms with Gasteiger partial charge < -0.3 is 19.8 Å². The average molecular weight is 628 g/mol. The van der Waals surface area contributed by atoms with Gasteiger partial charge in [0.25, 0.3) is 11.1 Å². The largest absolute Gasteiger partial charge is 0.419 e. The van der Waals surface area contributed by atoms with Gasteiger partial charge in [-0.1, -0.05) is 58.0 Å². The van der Waals surface area contributed by atoms with Crippen LogP contribution in [0.25, 0.3) is 0 Å². The number of halogens is 1. The topological polar surface area (TPSA) is 127 Å². The van der Waals surface area contributed by atoms with Gasteiger partial charge in [-0.05, 0) is 56.1 Å². The summed E-state index contributed by atoms with van der Waals surface area (Å²) < 4.78 is 10.1. The van der Waals surface area contributed by atoms with Crippen LogP contribution in [-0.4, -0.2) is 77.3 Å². The van der Waals surface area contributed by atoms with E-state index in [-0.39, 0.29) is 50.8 Å². The number of carbonyl (C=O) groups excluding carboxylic acids is 3. The highest BCUT2D eigenvalue weighted by Gasteiger charge is 2.34. The predicted octanol–water partition coefficient (Wildman–Crippen LogP) is 5.02. The number of carbonyl (C=O) groups is 3. The third-order valence-corrected chi connectivity index (χ3v) is 7.70. The van der Waals surface area contributed by atoms with Crippen LogP contribution in [0, 0.1) is 11.8 Å². The summed E-state index contributed by atoms with van der Waals surface area (Å²) in [5, 5.41) is 13.7. The molecule has 0 bridgehead atoms. The Balaban J connectivity index is 0.00000155. The Hall–Kier alpha value is -2.47. The monoisotopic (exact) mass is 627 g/mol. The molecule has 4 rings (SSSR count). The van der Waals surface area contributed by atoms with E-state index in [4.69, 9.17) is 9.15 Å². The molecular formula is C30H50ClN5O5S. The molecule has 2 heterocycles. The lowest BCUT2D eigenvalue weighted by Gasteiger charge is -2.32. The average Bonchev–Trinajstić information content (AvgIpc) is 3.48. The Morgan fingerprint density at radius 2 is 1.79 bits per heavy atom. The lowest BCUT2D eigenvalue weighted by molar-refractivity contribution is -0.131. The van der Waals surface area contributed by atoms with E-state index in [0.29, 0.717) is 23.1 Å². The second kappa shape index (κ2) is 19.7. The first-order valence-electron chi connectivity index (χ1n) is 14.1. The number of thioether (sulfide) groups is 1. The summed E-state index contributed by atoms with van der Waals surface area (Å²) in [6, 6.07) is 7.03. The molecule has 2 N–H and O–H groups in total. The van der Waals surface area contributed by atoms with Crippen LogP contribution in [0.1, 0.15) is 77.7 Å². The van der Waals surface area contributed by atoms with Crippen molar-refractivity contribution in [2.75, 3.05) is 32.6 Å². The molecule has 3 atom stereocenters. The van der Waals surface area contributed by atoms with Gasteiger partial charge in [-0.3, -0.25) is 19.3 Å². The van der Waals surface area contributed by atoms with Crippen LogP contribution in [-0.2, 0) is 20.9 Å². The van der Waals surface area contributed by atoms with E-state index in [2.05, 4.69) is 25.7 Å². The molecule has 238 valence electrons. The minimum absolute atomic E-state index is 0. The Labute approximate surface area is 262 Å². The molecule has 1 saturated heterocycles. The van der Waals surface area contributed by atoms with Gasteiger partial charge in [-0.2, -0.15) is 0 Å². The summed E-state index contributed by atoms with van der Waals surface area (Å²) >= 11 is 1.44. The number of aromatic nitrogens is 2. The summed E-state index contributed by atoms with van der Waals surface area (Å²) in [6.45, 7) is 9.84. The van der Waals surface area contributed by atoms with Crippen LogP contribution in [0.4, 0.5) is 0 Å². The van der Waals surface area contributed by atoms with Gasteiger partial charge in [0.15, 0.2) is 5.78 Å². The van der Waals surface area contributed by atoms with Crippen molar-refractivity contribution in [2.24, 2.45) is 11.8 Å². The molecule has 1 aliphatic heterocycles. The number of amides is 2. The van der Waals surface area contributed by atoms with Gasteiger partial charge in [-0.25, -0.2) is 0 Å². The van der Waals surface area contributed by atoms with Gasteiger partial charge in [0.2, 0.25) is 12.3 Å². The standard InChI is InChI=1S/C26H39N3O4.C3H4N2OS.CH4.ClH.H2/c1-18(2)16-24(19(3)30)28-26(32)22-6-4-5-7-23(22)27-25(31)21-10-8-20(9-11-21)17-29-12-14-33-15-13-29;1-7-3-5-4-2-6-3;;;/h8-11,18,22-24H,4-7,12-17H2,1-3H3,(H,27,31)(H,28,32);2H,1H3;1H4;2*1H/t22-,23+,24+;;;;/m1..../s1. The first-order chi connectivity index (χ1) is 19.3. The molecule has 1 aromatic heterocycles. The van der Waals surface area contributed by atoms with E-state index in [1.807, 2.05) is 44.4 Å². The van der Waals surface area contributed by atoms with Gasteiger partial charge in [0, 0.05) is 32.7 Å². The second-order valence-electron chi connectivity index (χ2n) is 10.8. The molecule has 1 aliphatic carbocycles. The number of ether oxygens (including phenoxy) is 1. The highest BCUT2D eigenvalue weighted by atomic mass is 35.5. The highest BCUT2D eigenvalue weighted by molar-refractivity contribution is 7.98. The molecule has 2 aliphatic rings. The van der Waals surface area contributed by atoms with E-state index in [1.54, 1.807) is 0 Å². The zero-order valence-electron chi connectivity index (χ0n) is 24.5. The molecule has 2 amide bonds. The fourth-order valence-electron chi connectivity index (χ4n) is 4.98. The lowest BCUT2D eigenvalue weighted by atomic mass is 9.83. The fourth-order valence-corrected chi connectivity index (χ4v) is 5.24. The van der Waals surface area contributed by atoms with E-state index >= 15 is 0 Å². The Morgan fingerprint density at radius 3 is 2.33 bits per heavy atom. The fraction of sp³-hybridized carbons (Fsp3) is 0.633. The van der Waals surface area contributed by atoms with Crippen molar-refractivity contribution in [1.29, 1.82) is 0 Å². The number of Topliss-reactive ketones (excluding diaryl/α,β-unsaturated/α-hetero) is 1. The maximum absolute atomic E-state index is 13.0. The Morgan fingerprint density at radius 1 is 1.12 bits per heavy atom. The van der Waals surface area contributed by atoms with Crippen LogP contribution >= 0.6 is 24.2 Å². The van der Waals surface area contributed by atoms with Crippen molar-refractivity contribution in [3.05, 3.63) is 41.8 Å². The van der Waals surface area contributed by atoms with E-state index in [0.717, 1.165) is 58.5 Å². The molecule has 12 heteroatoms. The van der Waals surface area contributed by atoms with Crippen LogP contribution in [0.5, 0.6) is 0 Å². The SMILES string of the molecule is C.CC(=O)[C@H](CC(C)C)NC(=O)[C@@H]1CCCC[C@@H]1NC(=O)c1ccc(CN2CCOCC2)cc1.CSc1nnco1.Cl.[HH]. The number of nitrogens with zero attached hydrogens (tertiary/aromatic N) is 3. The number of benzene rings is 1. The quantitative estimate of drug-likeness (QED) is 0.349. The summed E-state index contributed by atoms with van der Waals surface area (Å²) in [7, 11) is 0. The molecule has 0 unspecified atom stereocenters. The smallest absolute Gasteiger partial charge is 0.276 e. The number of nitrogens with one attached hydrogen (secondary N) is 2. The van der Waals surface area contributed by atoms with Crippen molar-refractivity contribution >= 4 is 41.8 Å². The first kappa shape index (κ1) is 37.6. The maximum atomic E-state index is 13.0. The molecule has 42 heavy (non-hydrogen) atoms. The van der Waals surface area contributed by atoms with E-state index in [1.165, 1.54) is 30.6 Å². The molecule has 0 spiro atoms. The minimum atomic E-state index is -0.463. The zero-order valence-corrected chi connectivity index (χ0v) is 26.1. The van der Waals surface area contributed by atoms with Crippen molar-refractivity contribution in [3.63, 3.8) is 0 Å². The third kappa shape index (κ3) is 12.4. The summed E-state index contributed by atoms with van der Waals surface area (Å²) in [5.41, 5.74) is 1.77. The normalized spacial score (nSPS) is 19.3. The third-order valence-electron chi connectivity index (χ3n) is 7.17. The molecule has 10 nitrogen and oxygen atoms in total. The highest BCUT2D eigenvalue weighted by Crippen LogP contribution is 2.26. The number of rotatable bonds is 10. The summed E-state index contributed by atoms with van der Waals surface area (Å²) in [4.78, 5) is 40.3. The zero-order chi connectivity index (χ0) is 28.9. The molecular weight excluding hydrogens is 578 g/mol. The Kier molecular flexibility index (Phi) is 17.6. The Bertz CT molecular complexity index is 1070. The van der Waals surface area contributed by atoms with Crippen LogP contribution < -0.4 is 10.6 Å². The molecule has 1 saturated carbocycles. The van der Waals surface area contributed by atoms with Crippen LogP contribution in [0.15, 0.2) is 40.3 Å². The van der Waals surface area contributed by atoms with Crippen molar-refractivity contribution < 1.29 is 25.0 Å². The number of morpholine rings is 1. The summed E-state index contributed by atoms with van der Waals surface area (Å²) in [6.07, 6.45) is 7.25. The van der Waals surface area contributed by atoms with E-state index in [9.17, 15) is 14.4 Å². The number of hydrogen-bond acceptors (Lipinski definition) is 9. The summed E-state index contributed by atoms with van der Waals surface area (Å²) in [5.74, 6) is -0.292. The molecule has 1 aromatic carbocycles. The lowest BCUT2D eigenvalue weighted by Crippen LogP contribution is -2.51. The number of ketones is 1. The molecule has 2 fully saturated rings. The molecule has 0 radical (unpaired) electrons. The predicted molar refractivity (Wildman–Crippen MR) is 170 cm³/mol. The van der Waals surface area contributed by atoms with Gasteiger partial charge >= 0.3 is 0 Å². The minimum Gasteiger partial charge on any atom is -0.419 e.